The Morgan fingerprint density at radius 2 is 2.03 bits per heavy atom. The van der Waals surface area contributed by atoms with Gasteiger partial charge in [-0.15, -0.1) is 0 Å². The van der Waals surface area contributed by atoms with Crippen LogP contribution in [0.4, 0.5) is 0 Å². The van der Waals surface area contributed by atoms with Crippen LogP contribution in [-0.4, -0.2) is 37.1 Å². The lowest BCUT2D eigenvalue weighted by Crippen LogP contribution is -2.12. The number of hydrogen-bond donors (Lipinski definition) is 0. The van der Waals surface area contributed by atoms with Gasteiger partial charge in [-0.2, -0.15) is 5.26 Å². The fraction of sp³-hybridized carbons (Fsp3) is 0.318. The van der Waals surface area contributed by atoms with Gasteiger partial charge in [0.05, 0.1) is 19.3 Å². The van der Waals surface area contributed by atoms with Crippen molar-refractivity contribution in [3.63, 3.8) is 0 Å². The number of ether oxygens (including phenoxy) is 2. The van der Waals surface area contributed by atoms with Crippen LogP contribution in [0.5, 0.6) is 5.75 Å². The van der Waals surface area contributed by atoms with Gasteiger partial charge >= 0.3 is 5.97 Å². The molecule has 0 saturated heterocycles. The molecule has 1 aromatic carbocycles. The van der Waals surface area contributed by atoms with Crippen molar-refractivity contribution >= 4 is 30.3 Å². The number of nitriles is 1. The van der Waals surface area contributed by atoms with Crippen molar-refractivity contribution < 1.29 is 14.3 Å². The van der Waals surface area contributed by atoms with Crippen molar-refractivity contribution in [3.05, 3.63) is 40.7 Å². The maximum absolute atomic E-state index is 12.5. The summed E-state index contributed by atoms with van der Waals surface area (Å²) in [5, 5.41) is 10.4. The van der Waals surface area contributed by atoms with Crippen molar-refractivity contribution in [3.8, 4) is 22.9 Å². The zero-order valence-electron chi connectivity index (χ0n) is 17.3. The lowest BCUT2D eigenvalue weighted by Gasteiger charge is -2.18. The van der Waals surface area contributed by atoms with Gasteiger partial charge in [-0.05, 0) is 56.0 Å². The van der Waals surface area contributed by atoms with Gasteiger partial charge in [-0.25, -0.2) is 9.78 Å². The summed E-state index contributed by atoms with van der Waals surface area (Å²) in [5.74, 6) is 0.0670. The van der Waals surface area contributed by atoms with Crippen LogP contribution in [0.2, 0.25) is 0 Å². The third kappa shape index (κ3) is 3.35. The van der Waals surface area contributed by atoms with E-state index in [1.54, 1.807) is 26.3 Å². The molecule has 0 spiro atoms. The van der Waals surface area contributed by atoms with E-state index >= 15 is 0 Å². The minimum atomic E-state index is -0.504. The molecule has 6 nitrogen and oxygen atoms in total. The summed E-state index contributed by atoms with van der Waals surface area (Å²) in [7, 11) is 7.69. The largest absolute Gasteiger partial charge is 0.497 e. The number of benzene rings is 1. The average Bonchev–Trinajstić information content (AvgIpc) is 3.06. The quantitative estimate of drug-likeness (QED) is 0.496. The number of hydrogen-bond acceptors (Lipinski definition) is 5. The van der Waals surface area contributed by atoms with Crippen LogP contribution in [0.25, 0.3) is 22.2 Å². The summed E-state index contributed by atoms with van der Waals surface area (Å²) in [6.45, 7) is 8.43. The van der Waals surface area contributed by atoms with Gasteiger partial charge in [0.2, 0.25) is 0 Å². The number of aryl methyl sites for hydroxylation is 2. The Bertz CT molecular complexity index is 1160. The first-order valence-electron chi connectivity index (χ1n) is 9.42. The van der Waals surface area contributed by atoms with Crippen LogP contribution in [0.15, 0.2) is 18.3 Å². The summed E-state index contributed by atoms with van der Waals surface area (Å²) in [4.78, 5) is 17.0. The van der Waals surface area contributed by atoms with E-state index in [1.807, 2.05) is 31.4 Å². The van der Waals surface area contributed by atoms with Crippen molar-refractivity contribution in [2.75, 3.05) is 13.7 Å². The number of carbonyl (C=O) groups excluding carboxylic acids is 1. The number of pyridine rings is 1. The lowest BCUT2D eigenvalue weighted by molar-refractivity contribution is 0.0520. The number of nitrogens with zero attached hydrogens (tertiary/aromatic N) is 3. The lowest BCUT2D eigenvalue weighted by atomic mass is 9.84. The smallest absolute Gasteiger partial charge is 0.357 e. The molecule has 2 radical (unpaired) electrons. The maximum Gasteiger partial charge on any atom is 0.357 e. The topological polar surface area (TPSA) is 77.1 Å². The Morgan fingerprint density at radius 3 is 2.62 bits per heavy atom. The van der Waals surface area contributed by atoms with Gasteiger partial charge in [0.25, 0.3) is 0 Å². The van der Waals surface area contributed by atoms with Crippen molar-refractivity contribution in [2.24, 2.45) is 0 Å². The Labute approximate surface area is 171 Å². The number of fused-ring (bicyclic) bond motifs is 1. The van der Waals surface area contributed by atoms with Gasteiger partial charge in [0.1, 0.15) is 25.3 Å². The first kappa shape index (κ1) is 20.5. The SMILES string of the molecule is [B]c1cc(C)c(-c2cc(C(=O)OCC)nc3c2c(C#N)cn3CC)c(C)c1OC. The van der Waals surface area contributed by atoms with E-state index in [2.05, 4.69) is 11.1 Å². The molecule has 3 rings (SSSR count). The molecule has 0 unspecified atom stereocenters. The van der Waals surface area contributed by atoms with Crippen LogP contribution in [0.1, 0.15) is 41.0 Å². The molecule has 0 saturated carbocycles. The second-order valence-electron chi connectivity index (χ2n) is 6.73. The Balaban J connectivity index is 2.48. The van der Waals surface area contributed by atoms with E-state index in [1.165, 1.54) is 0 Å². The zero-order valence-corrected chi connectivity index (χ0v) is 17.3. The molecule has 2 aromatic heterocycles. The first-order valence-corrected chi connectivity index (χ1v) is 9.42. The number of carbonyl (C=O) groups is 1. The van der Waals surface area contributed by atoms with E-state index in [9.17, 15) is 10.1 Å². The highest BCUT2D eigenvalue weighted by molar-refractivity contribution is 6.34. The van der Waals surface area contributed by atoms with Crippen LogP contribution >= 0.6 is 0 Å². The van der Waals surface area contributed by atoms with Crippen LogP contribution in [-0.2, 0) is 11.3 Å². The van der Waals surface area contributed by atoms with Gasteiger partial charge in [0.15, 0.2) is 5.69 Å². The normalized spacial score (nSPS) is 10.8. The molecular weight excluding hydrogens is 365 g/mol. The summed E-state index contributed by atoms with van der Waals surface area (Å²) in [6.07, 6.45) is 1.76. The van der Waals surface area contributed by atoms with E-state index in [-0.39, 0.29) is 12.3 Å². The fourth-order valence-electron chi connectivity index (χ4n) is 3.80. The summed E-state index contributed by atoms with van der Waals surface area (Å²) < 4.78 is 12.5. The summed E-state index contributed by atoms with van der Waals surface area (Å²) in [5.41, 5.74) is 5.13. The molecule has 146 valence electrons. The average molecular weight is 387 g/mol. The van der Waals surface area contributed by atoms with E-state index in [0.717, 1.165) is 22.3 Å². The molecule has 3 aromatic rings. The van der Waals surface area contributed by atoms with Crippen molar-refractivity contribution in [1.29, 1.82) is 5.26 Å². The molecule has 0 aliphatic carbocycles. The van der Waals surface area contributed by atoms with Gasteiger partial charge in [-0.1, -0.05) is 11.5 Å². The molecule has 29 heavy (non-hydrogen) atoms. The first-order chi connectivity index (χ1) is 13.9. The molecule has 7 heteroatoms. The van der Waals surface area contributed by atoms with Crippen molar-refractivity contribution in [1.82, 2.24) is 9.55 Å². The van der Waals surface area contributed by atoms with Gasteiger partial charge < -0.3 is 14.0 Å². The van der Waals surface area contributed by atoms with Gasteiger partial charge in [-0.3, -0.25) is 0 Å². The number of aromatic nitrogens is 2. The number of rotatable bonds is 5. The fourth-order valence-corrected chi connectivity index (χ4v) is 3.80. The van der Waals surface area contributed by atoms with E-state index in [0.29, 0.717) is 34.4 Å². The maximum atomic E-state index is 12.5. The minimum Gasteiger partial charge on any atom is -0.497 e. The third-order valence-electron chi connectivity index (χ3n) is 4.99. The van der Waals surface area contributed by atoms with Crippen LogP contribution in [0.3, 0.4) is 0 Å². The second-order valence-corrected chi connectivity index (χ2v) is 6.73. The van der Waals surface area contributed by atoms with E-state index < -0.39 is 5.97 Å². The highest BCUT2D eigenvalue weighted by atomic mass is 16.5. The minimum absolute atomic E-state index is 0.196. The zero-order chi connectivity index (χ0) is 21.3. The predicted octanol–water partition coefficient (Wildman–Crippen LogP) is 3.19. The highest BCUT2D eigenvalue weighted by Gasteiger charge is 2.23. The summed E-state index contributed by atoms with van der Waals surface area (Å²) >= 11 is 0. The van der Waals surface area contributed by atoms with Crippen molar-refractivity contribution in [2.45, 2.75) is 34.2 Å². The summed E-state index contributed by atoms with van der Waals surface area (Å²) in [6, 6.07) is 5.77. The molecule has 0 atom stereocenters. The van der Waals surface area contributed by atoms with Crippen LogP contribution in [0, 0.1) is 25.2 Å². The molecular formula is C22H22BN3O3. The molecule has 0 aliphatic rings. The molecule has 0 bridgehead atoms. The molecule has 0 aliphatic heterocycles. The highest BCUT2D eigenvalue weighted by Crippen LogP contribution is 2.38. The Hall–Kier alpha value is -3.27. The van der Waals surface area contributed by atoms with E-state index in [4.69, 9.17) is 17.3 Å². The second kappa shape index (κ2) is 8.00. The number of methoxy groups -OCH3 is 1. The molecule has 0 N–H and O–H groups in total. The standard InChI is InChI=1S/C22H22BN3O3/c1-6-26-11-14(10-24)19-15(9-17(25-21(19)26)22(27)29-7-2)18-12(3)8-16(23)20(28-5)13(18)4/h8-9,11H,6-7H2,1-5H3. The Kier molecular flexibility index (Phi) is 5.65. The van der Waals surface area contributed by atoms with Crippen LogP contribution < -0.4 is 10.2 Å². The molecule has 2 heterocycles. The molecule has 0 amide bonds. The molecule has 0 fully saturated rings. The monoisotopic (exact) mass is 387 g/mol. The number of esters is 1. The van der Waals surface area contributed by atoms with Gasteiger partial charge in [0, 0.05) is 18.1 Å². The third-order valence-corrected chi connectivity index (χ3v) is 4.99. The Morgan fingerprint density at radius 1 is 1.31 bits per heavy atom. The predicted molar refractivity (Wildman–Crippen MR) is 113 cm³/mol.